The third-order valence-corrected chi connectivity index (χ3v) is 3.89. The average Bonchev–Trinajstić information content (AvgIpc) is 2.39. The number of piperidine rings is 1. The minimum absolute atomic E-state index is 0.844. The lowest BCUT2D eigenvalue weighted by atomic mass is 9.99. The zero-order chi connectivity index (χ0) is 13.0. The van der Waals surface area contributed by atoms with Gasteiger partial charge in [0.2, 0.25) is 0 Å². The molecule has 1 N–H and O–H groups in total. The fourth-order valence-corrected chi connectivity index (χ4v) is 2.55. The van der Waals surface area contributed by atoms with Gasteiger partial charge in [-0.05, 0) is 31.9 Å². The Morgan fingerprint density at radius 1 is 1.39 bits per heavy atom. The quantitative estimate of drug-likeness (QED) is 0.670. The second-order valence-electron chi connectivity index (χ2n) is 4.80. The van der Waals surface area contributed by atoms with E-state index in [-0.39, 0.29) is 0 Å². The van der Waals surface area contributed by atoms with Crippen LogP contribution in [0.15, 0.2) is 11.2 Å². The van der Waals surface area contributed by atoms with Gasteiger partial charge in [-0.1, -0.05) is 18.7 Å². The van der Waals surface area contributed by atoms with Gasteiger partial charge < -0.3 is 10.2 Å². The van der Waals surface area contributed by atoms with Crippen molar-refractivity contribution >= 4 is 23.4 Å². The fourth-order valence-electron chi connectivity index (χ4n) is 2.18. The maximum Gasteiger partial charge on any atom is 0.191 e. The van der Waals surface area contributed by atoms with Crippen molar-refractivity contribution in [1.82, 2.24) is 9.97 Å². The molecule has 0 saturated carbocycles. The summed E-state index contributed by atoms with van der Waals surface area (Å²) in [5.41, 5.74) is 0. The van der Waals surface area contributed by atoms with Crippen molar-refractivity contribution in [3.8, 4) is 0 Å². The number of hydrogen-bond acceptors (Lipinski definition) is 5. The first kappa shape index (κ1) is 13.5. The third kappa shape index (κ3) is 3.28. The molecule has 1 saturated heterocycles. The molecule has 2 rings (SSSR count). The molecule has 1 fully saturated rings. The normalized spacial score (nSPS) is 16.9. The summed E-state index contributed by atoms with van der Waals surface area (Å²) in [6.45, 7) is 7.52. The van der Waals surface area contributed by atoms with E-state index >= 15 is 0 Å². The zero-order valence-corrected chi connectivity index (χ0v) is 12.3. The number of rotatable bonds is 4. The molecule has 0 unspecified atom stereocenters. The van der Waals surface area contributed by atoms with Gasteiger partial charge in [0.25, 0.3) is 0 Å². The van der Waals surface area contributed by atoms with Crippen LogP contribution in [0.1, 0.15) is 26.7 Å². The minimum Gasteiger partial charge on any atom is -0.370 e. The molecule has 0 spiro atoms. The number of aromatic nitrogens is 2. The molecule has 18 heavy (non-hydrogen) atoms. The Morgan fingerprint density at radius 3 is 2.72 bits per heavy atom. The van der Waals surface area contributed by atoms with E-state index in [1.807, 2.05) is 6.26 Å². The molecule has 0 amide bonds. The van der Waals surface area contributed by atoms with Crippen molar-refractivity contribution in [3.63, 3.8) is 0 Å². The summed E-state index contributed by atoms with van der Waals surface area (Å²) >= 11 is 1.60. The van der Waals surface area contributed by atoms with Gasteiger partial charge in [-0.3, -0.25) is 0 Å². The third-order valence-electron chi connectivity index (χ3n) is 3.34. The molecule has 5 heteroatoms. The Bertz CT molecular complexity index is 389. The molecule has 1 aromatic heterocycles. The van der Waals surface area contributed by atoms with Gasteiger partial charge in [0, 0.05) is 25.7 Å². The van der Waals surface area contributed by atoms with Crippen molar-refractivity contribution in [1.29, 1.82) is 0 Å². The van der Waals surface area contributed by atoms with Crippen LogP contribution in [0.25, 0.3) is 0 Å². The highest BCUT2D eigenvalue weighted by atomic mass is 32.2. The highest BCUT2D eigenvalue weighted by Crippen LogP contribution is 2.25. The number of anilines is 2. The second-order valence-corrected chi connectivity index (χ2v) is 5.57. The van der Waals surface area contributed by atoms with E-state index in [2.05, 4.69) is 40.1 Å². The van der Waals surface area contributed by atoms with E-state index in [4.69, 9.17) is 0 Å². The molecule has 1 aromatic rings. The van der Waals surface area contributed by atoms with Gasteiger partial charge in [-0.25, -0.2) is 9.97 Å². The van der Waals surface area contributed by atoms with Crippen molar-refractivity contribution < 1.29 is 0 Å². The van der Waals surface area contributed by atoms with E-state index in [9.17, 15) is 0 Å². The van der Waals surface area contributed by atoms with E-state index in [0.717, 1.165) is 42.3 Å². The lowest BCUT2D eigenvalue weighted by Gasteiger charge is -2.31. The molecule has 0 atom stereocenters. The maximum atomic E-state index is 4.62. The number of thioether (sulfide) groups is 1. The molecule has 4 nitrogen and oxygen atoms in total. The van der Waals surface area contributed by atoms with Crippen LogP contribution >= 0.6 is 11.8 Å². The molecule has 0 aromatic carbocycles. The lowest BCUT2D eigenvalue weighted by molar-refractivity contribution is 0.436. The zero-order valence-electron chi connectivity index (χ0n) is 11.4. The van der Waals surface area contributed by atoms with Gasteiger partial charge in [-0.2, -0.15) is 0 Å². The SMILES string of the molecule is CCNc1cc(N2CCC(C)CC2)nc(SC)n1. The van der Waals surface area contributed by atoms with Crippen LogP contribution in [-0.4, -0.2) is 35.9 Å². The number of nitrogens with one attached hydrogen (secondary N) is 1. The van der Waals surface area contributed by atoms with Gasteiger partial charge in [0.05, 0.1) is 0 Å². The molecule has 0 bridgehead atoms. The van der Waals surface area contributed by atoms with E-state index in [1.54, 1.807) is 11.8 Å². The number of hydrogen-bond donors (Lipinski definition) is 1. The smallest absolute Gasteiger partial charge is 0.191 e. The van der Waals surface area contributed by atoms with Crippen LogP contribution in [0.4, 0.5) is 11.6 Å². The Morgan fingerprint density at radius 2 is 2.11 bits per heavy atom. The van der Waals surface area contributed by atoms with Crippen molar-refractivity contribution in [2.75, 3.05) is 36.1 Å². The summed E-state index contributed by atoms with van der Waals surface area (Å²) in [5, 5.41) is 4.13. The Labute approximate surface area is 114 Å². The van der Waals surface area contributed by atoms with Gasteiger partial charge >= 0.3 is 0 Å². The number of nitrogens with zero attached hydrogens (tertiary/aromatic N) is 3. The second kappa shape index (κ2) is 6.27. The molecule has 1 aliphatic rings. The fraction of sp³-hybridized carbons (Fsp3) is 0.692. The molecule has 100 valence electrons. The van der Waals surface area contributed by atoms with Crippen molar-refractivity contribution in [2.24, 2.45) is 5.92 Å². The summed E-state index contributed by atoms with van der Waals surface area (Å²) in [6.07, 6.45) is 4.54. The molecule has 2 heterocycles. The van der Waals surface area contributed by atoms with Gasteiger partial charge in [0.15, 0.2) is 5.16 Å². The molecule has 1 aliphatic heterocycles. The van der Waals surface area contributed by atoms with Crippen LogP contribution in [0.2, 0.25) is 0 Å². The molecular formula is C13H22N4S. The van der Waals surface area contributed by atoms with E-state index in [1.165, 1.54) is 12.8 Å². The van der Waals surface area contributed by atoms with E-state index < -0.39 is 0 Å². The summed E-state index contributed by atoms with van der Waals surface area (Å²) in [5.74, 6) is 2.85. The Kier molecular flexibility index (Phi) is 4.69. The minimum atomic E-state index is 0.844. The highest BCUT2D eigenvalue weighted by Gasteiger charge is 2.18. The van der Waals surface area contributed by atoms with Crippen molar-refractivity contribution in [2.45, 2.75) is 31.8 Å². The van der Waals surface area contributed by atoms with Gasteiger partial charge in [0.1, 0.15) is 11.6 Å². The van der Waals surface area contributed by atoms with Crippen LogP contribution in [0.3, 0.4) is 0 Å². The van der Waals surface area contributed by atoms with Gasteiger partial charge in [-0.15, -0.1) is 0 Å². The van der Waals surface area contributed by atoms with Crippen LogP contribution < -0.4 is 10.2 Å². The van der Waals surface area contributed by atoms with Crippen LogP contribution in [-0.2, 0) is 0 Å². The van der Waals surface area contributed by atoms with Crippen LogP contribution in [0, 0.1) is 5.92 Å². The summed E-state index contributed by atoms with van der Waals surface area (Å²) in [4.78, 5) is 11.5. The monoisotopic (exact) mass is 266 g/mol. The summed E-state index contributed by atoms with van der Waals surface area (Å²) in [7, 11) is 0. The first-order valence-corrected chi connectivity index (χ1v) is 7.87. The first-order chi connectivity index (χ1) is 8.72. The van der Waals surface area contributed by atoms with E-state index in [0.29, 0.717) is 0 Å². The predicted molar refractivity (Wildman–Crippen MR) is 78.6 cm³/mol. The summed E-state index contributed by atoms with van der Waals surface area (Å²) in [6, 6.07) is 2.07. The lowest BCUT2D eigenvalue weighted by Crippen LogP contribution is -2.33. The van der Waals surface area contributed by atoms with Crippen molar-refractivity contribution in [3.05, 3.63) is 6.07 Å². The summed E-state index contributed by atoms with van der Waals surface area (Å²) < 4.78 is 0. The molecule has 0 aliphatic carbocycles. The predicted octanol–water partition coefficient (Wildman–Crippen LogP) is 2.87. The highest BCUT2D eigenvalue weighted by molar-refractivity contribution is 7.98. The Balaban J connectivity index is 2.17. The topological polar surface area (TPSA) is 41.0 Å². The Hall–Kier alpha value is -0.970. The molecular weight excluding hydrogens is 244 g/mol. The standard InChI is InChI=1S/C13H22N4S/c1-4-14-11-9-12(16-13(15-11)18-3)17-7-5-10(2)6-8-17/h9-10H,4-8H2,1-3H3,(H,14,15,16). The largest absolute Gasteiger partial charge is 0.370 e. The van der Waals surface area contributed by atoms with Crippen LogP contribution in [0.5, 0.6) is 0 Å². The molecule has 0 radical (unpaired) electrons. The first-order valence-electron chi connectivity index (χ1n) is 6.64. The average molecular weight is 266 g/mol. The maximum absolute atomic E-state index is 4.62.